The maximum absolute atomic E-state index is 11.9. The number of aromatic nitrogens is 4. The lowest BCUT2D eigenvalue weighted by molar-refractivity contribution is -0.384. The van der Waals surface area contributed by atoms with Crippen LogP contribution >= 0.6 is 0 Å². The predicted molar refractivity (Wildman–Crippen MR) is 104 cm³/mol. The first kappa shape index (κ1) is 17.4. The standard InChI is InChI=1S/C19H16N6O3/c1-2-28-16-10-6-4-8-14(16)23-18-17(25(26)27)19(21-11-20-18)24-12-22-13-7-3-5-9-15(13)24/h3-12H,2H2,1H3,(H,20,21,23). The molecule has 2 aromatic heterocycles. The number of rotatable bonds is 6. The molecule has 0 spiro atoms. The van der Waals surface area contributed by atoms with E-state index in [1.54, 1.807) is 16.7 Å². The molecule has 0 radical (unpaired) electrons. The number of fused-ring (bicyclic) bond motifs is 1. The molecule has 0 aliphatic carbocycles. The van der Waals surface area contributed by atoms with E-state index in [2.05, 4.69) is 20.3 Å². The van der Waals surface area contributed by atoms with Crippen LogP contribution in [-0.4, -0.2) is 31.0 Å². The zero-order valence-electron chi connectivity index (χ0n) is 14.9. The predicted octanol–water partition coefficient (Wildman–Crippen LogP) is 3.87. The van der Waals surface area contributed by atoms with E-state index >= 15 is 0 Å². The van der Waals surface area contributed by atoms with Gasteiger partial charge in [-0.2, -0.15) is 0 Å². The molecule has 0 saturated carbocycles. The summed E-state index contributed by atoms with van der Waals surface area (Å²) in [6.45, 7) is 2.34. The van der Waals surface area contributed by atoms with Crippen molar-refractivity contribution in [2.75, 3.05) is 11.9 Å². The molecule has 4 rings (SSSR count). The van der Waals surface area contributed by atoms with Gasteiger partial charge in [0.2, 0.25) is 11.6 Å². The van der Waals surface area contributed by atoms with Crippen LogP contribution in [0.5, 0.6) is 5.75 Å². The Kier molecular flexibility index (Phi) is 4.55. The number of nitrogens with one attached hydrogen (secondary N) is 1. The Bertz CT molecular complexity index is 1160. The van der Waals surface area contributed by atoms with E-state index in [1.165, 1.54) is 12.7 Å². The first-order valence-corrected chi connectivity index (χ1v) is 8.59. The fraction of sp³-hybridized carbons (Fsp3) is 0.105. The number of hydrogen-bond acceptors (Lipinski definition) is 7. The van der Waals surface area contributed by atoms with Crippen LogP contribution < -0.4 is 10.1 Å². The van der Waals surface area contributed by atoms with E-state index in [0.29, 0.717) is 29.1 Å². The van der Waals surface area contributed by atoms with Gasteiger partial charge in [0.25, 0.3) is 0 Å². The van der Waals surface area contributed by atoms with Crippen LogP contribution in [0.1, 0.15) is 6.92 Å². The lowest BCUT2D eigenvalue weighted by Gasteiger charge is -2.13. The zero-order valence-corrected chi connectivity index (χ0v) is 14.9. The van der Waals surface area contributed by atoms with Gasteiger partial charge in [0.1, 0.15) is 18.4 Å². The number of imidazole rings is 1. The van der Waals surface area contributed by atoms with E-state index in [9.17, 15) is 10.1 Å². The smallest absolute Gasteiger partial charge is 0.354 e. The monoisotopic (exact) mass is 376 g/mol. The Morgan fingerprint density at radius 1 is 1.11 bits per heavy atom. The molecule has 0 atom stereocenters. The summed E-state index contributed by atoms with van der Waals surface area (Å²) in [6.07, 6.45) is 2.79. The maximum atomic E-state index is 11.9. The van der Waals surface area contributed by atoms with Crippen LogP contribution in [0.25, 0.3) is 16.9 Å². The average molecular weight is 376 g/mol. The molecular weight excluding hydrogens is 360 g/mol. The molecule has 0 unspecified atom stereocenters. The van der Waals surface area contributed by atoms with Crippen molar-refractivity contribution in [2.24, 2.45) is 0 Å². The highest BCUT2D eigenvalue weighted by molar-refractivity contribution is 5.80. The van der Waals surface area contributed by atoms with Crippen molar-refractivity contribution in [1.29, 1.82) is 0 Å². The van der Waals surface area contributed by atoms with Gasteiger partial charge in [0.05, 0.1) is 28.3 Å². The summed E-state index contributed by atoms with van der Waals surface area (Å²) in [5.41, 5.74) is 1.75. The second-order valence-electron chi connectivity index (χ2n) is 5.81. The fourth-order valence-corrected chi connectivity index (χ4v) is 2.91. The van der Waals surface area contributed by atoms with E-state index < -0.39 is 4.92 Å². The third-order valence-electron chi connectivity index (χ3n) is 4.11. The van der Waals surface area contributed by atoms with E-state index in [0.717, 1.165) is 0 Å². The van der Waals surface area contributed by atoms with Crippen molar-refractivity contribution in [1.82, 2.24) is 19.5 Å². The number of hydrogen-bond donors (Lipinski definition) is 1. The van der Waals surface area contributed by atoms with Crippen LogP contribution in [0.4, 0.5) is 17.2 Å². The van der Waals surface area contributed by atoms with Gasteiger partial charge >= 0.3 is 5.69 Å². The number of benzene rings is 2. The van der Waals surface area contributed by atoms with Crippen molar-refractivity contribution in [3.63, 3.8) is 0 Å². The third kappa shape index (κ3) is 3.09. The normalized spacial score (nSPS) is 10.8. The number of para-hydroxylation sites is 4. The molecule has 2 heterocycles. The molecule has 140 valence electrons. The van der Waals surface area contributed by atoms with Gasteiger partial charge in [-0.1, -0.05) is 24.3 Å². The largest absolute Gasteiger partial charge is 0.492 e. The van der Waals surface area contributed by atoms with Crippen molar-refractivity contribution < 1.29 is 9.66 Å². The van der Waals surface area contributed by atoms with Crippen LogP contribution in [0.15, 0.2) is 61.2 Å². The number of ether oxygens (including phenoxy) is 1. The van der Waals surface area contributed by atoms with Gasteiger partial charge in [-0.05, 0) is 31.2 Å². The van der Waals surface area contributed by atoms with Gasteiger partial charge in [0, 0.05) is 0 Å². The zero-order chi connectivity index (χ0) is 19.5. The summed E-state index contributed by atoms with van der Waals surface area (Å²) in [5, 5.41) is 14.9. The molecule has 0 aliphatic heterocycles. The second kappa shape index (κ2) is 7.31. The van der Waals surface area contributed by atoms with Gasteiger partial charge in [-0.15, -0.1) is 0 Å². The van der Waals surface area contributed by atoms with Crippen molar-refractivity contribution in [3.05, 3.63) is 71.3 Å². The van der Waals surface area contributed by atoms with Gasteiger partial charge in [0.15, 0.2) is 0 Å². The molecule has 0 fully saturated rings. The first-order chi connectivity index (χ1) is 13.7. The Morgan fingerprint density at radius 3 is 2.71 bits per heavy atom. The quantitative estimate of drug-likeness (QED) is 0.402. The summed E-state index contributed by atoms with van der Waals surface area (Å²) in [5.74, 6) is 0.776. The molecule has 0 bridgehead atoms. The molecular formula is C19H16N6O3. The lowest BCUT2D eigenvalue weighted by atomic mass is 10.3. The SMILES string of the molecule is CCOc1ccccc1Nc1ncnc(-n2cnc3ccccc32)c1[N+](=O)[O-]. The van der Waals surface area contributed by atoms with Crippen LogP contribution in [0.3, 0.4) is 0 Å². The molecule has 0 aliphatic rings. The molecule has 28 heavy (non-hydrogen) atoms. The summed E-state index contributed by atoms with van der Waals surface area (Å²) < 4.78 is 7.16. The number of nitrogens with zero attached hydrogens (tertiary/aromatic N) is 5. The first-order valence-electron chi connectivity index (χ1n) is 8.59. The highest BCUT2D eigenvalue weighted by atomic mass is 16.6. The van der Waals surface area contributed by atoms with Crippen LogP contribution in [-0.2, 0) is 0 Å². The Morgan fingerprint density at radius 2 is 1.89 bits per heavy atom. The van der Waals surface area contributed by atoms with E-state index in [4.69, 9.17) is 4.74 Å². The summed E-state index contributed by atoms with van der Waals surface area (Å²) in [6, 6.07) is 14.5. The van der Waals surface area contributed by atoms with E-state index in [-0.39, 0.29) is 17.3 Å². The minimum absolute atomic E-state index is 0.0694. The fourth-order valence-electron chi connectivity index (χ4n) is 2.91. The van der Waals surface area contributed by atoms with Gasteiger partial charge in [-0.25, -0.2) is 15.0 Å². The summed E-state index contributed by atoms with van der Waals surface area (Å²) >= 11 is 0. The van der Waals surface area contributed by atoms with Crippen molar-refractivity contribution in [3.8, 4) is 11.6 Å². The van der Waals surface area contributed by atoms with Crippen LogP contribution in [0, 0.1) is 10.1 Å². The molecule has 1 N–H and O–H groups in total. The summed E-state index contributed by atoms with van der Waals surface area (Å²) in [4.78, 5) is 23.9. The van der Waals surface area contributed by atoms with Crippen LogP contribution in [0.2, 0.25) is 0 Å². The molecule has 9 heteroatoms. The highest BCUT2D eigenvalue weighted by Crippen LogP contribution is 2.34. The minimum Gasteiger partial charge on any atom is -0.492 e. The lowest BCUT2D eigenvalue weighted by Crippen LogP contribution is -2.08. The summed E-state index contributed by atoms with van der Waals surface area (Å²) in [7, 11) is 0. The molecule has 0 saturated heterocycles. The molecule has 9 nitrogen and oxygen atoms in total. The van der Waals surface area contributed by atoms with Gasteiger partial charge in [-0.3, -0.25) is 14.7 Å². The Balaban J connectivity index is 1.84. The molecule has 0 amide bonds. The van der Waals surface area contributed by atoms with Crippen molar-refractivity contribution in [2.45, 2.75) is 6.92 Å². The average Bonchev–Trinajstić information content (AvgIpc) is 3.13. The van der Waals surface area contributed by atoms with Crippen molar-refractivity contribution >= 4 is 28.2 Å². The molecule has 4 aromatic rings. The maximum Gasteiger partial charge on any atom is 0.354 e. The highest BCUT2D eigenvalue weighted by Gasteiger charge is 2.26. The van der Waals surface area contributed by atoms with E-state index in [1.807, 2.05) is 43.3 Å². The molecule has 2 aromatic carbocycles. The Labute approximate surface area is 159 Å². The number of anilines is 2. The number of nitro groups is 1. The third-order valence-corrected chi connectivity index (χ3v) is 4.11. The minimum atomic E-state index is -0.504. The second-order valence-corrected chi connectivity index (χ2v) is 5.81. The Hall–Kier alpha value is -4.01. The topological polar surface area (TPSA) is 108 Å². The van der Waals surface area contributed by atoms with Gasteiger partial charge < -0.3 is 10.1 Å².